The van der Waals surface area contributed by atoms with Gasteiger partial charge in [0.15, 0.2) is 0 Å². The number of hydrogen-bond acceptors (Lipinski definition) is 8. The average Bonchev–Trinajstić information content (AvgIpc) is 0.711. The Morgan fingerprint density at radius 1 is 0.337 bits per heavy atom. The normalized spacial score (nSPS) is 14.0. The number of hydrogen-bond donors (Lipinski definition) is 0. The molecule has 0 N–H and O–H groups in total. The third kappa shape index (κ3) is 18.4. The summed E-state index contributed by atoms with van der Waals surface area (Å²) < 4.78 is 431. The Labute approximate surface area is 519 Å². The molecule has 0 aliphatic carbocycles. The van der Waals surface area contributed by atoms with Crippen LogP contribution in [0.15, 0.2) is 66.7 Å². The van der Waals surface area contributed by atoms with E-state index in [-0.39, 0.29) is 111 Å². The van der Waals surface area contributed by atoms with E-state index in [1.807, 2.05) is 6.92 Å². The van der Waals surface area contributed by atoms with E-state index in [1.165, 1.54) is 66.7 Å². The summed E-state index contributed by atoms with van der Waals surface area (Å²) in [5, 5.41) is 0. The van der Waals surface area contributed by atoms with Gasteiger partial charge in [-0.05, 0) is 98.8 Å². The molecule has 0 atom stereocenters. The van der Waals surface area contributed by atoms with E-state index in [9.17, 15) is 146 Å². The molecule has 0 saturated heterocycles. The van der Waals surface area contributed by atoms with E-state index >= 15 is 0 Å². The Bertz CT molecular complexity index is 2950. The molecule has 0 bridgehead atoms. The van der Waals surface area contributed by atoms with Crippen LogP contribution < -0.4 is 18.9 Å². The summed E-state index contributed by atoms with van der Waals surface area (Å²) in [5.74, 6) is -95.9. The van der Waals surface area contributed by atoms with Crippen molar-refractivity contribution in [3.8, 4) is 23.0 Å². The predicted molar refractivity (Wildman–Crippen MR) is 270 cm³/mol. The zero-order valence-corrected chi connectivity index (χ0v) is 48.8. The highest BCUT2D eigenvalue weighted by molar-refractivity contribution is 5.92. The van der Waals surface area contributed by atoms with E-state index in [0.717, 1.165) is 6.42 Å². The Hall–Kier alpha value is -6.43. The monoisotopic (exact) mass is 1440 g/mol. The van der Waals surface area contributed by atoms with Crippen LogP contribution in [0, 0.1) is 0 Å². The van der Waals surface area contributed by atoms with Gasteiger partial charge in [0.2, 0.25) is 0 Å². The zero-order chi connectivity index (χ0) is 72.9. The molecule has 3 aromatic carbocycles. The van der Waals surface area contributed by atoms with Crippen LogP contribution in [0.3, 0.4) is 0 Å². The van der Waals surface area contributed by atoms with Gasteiger partial charge in [0.1, 0.15) is 29.6 Å². The lowest BCUT2D eigenvalue weighted by molar-refractivity contribution is -0.452. The second-order valence-electron chi connectivity index (χ2n) is 21.3. The van der Waals surface area contributed by atoms with Crippen LogP contribution in [-0.2, 0) is 16.1 Å². The average molecular weight is 1440 g/mol. The zero-order valence-electron chi connectivity index (χ0n) is 48.8. The van der Waals surface area contributed by atoms with Crippen LogP contribution in [0.5, 0.6) is 23.0 Å². The molecule has 3 rings (SSSR count). The highest BCUT2D eigenvalue weighted by Gasteiger charge is 2.94. The first-order valence-corrected chi connectivity index (χ1v) is 28.1. The molecular weight excluding hydrogens is 1380 g/mol. The smallest absolute Gasteiger partial charge is 0.460 e. The van der Waals surface area contributed by atoms with Gasteiger partial charge in [-0.2, -0.15) is 132 Å². The van der Waals surface area contributed by atoms with Crippen molar-refractivity contribution >= 4 is 17.9 Å². The van der Waals surface area contributed by atoms with Crippen LogP contribution in [-0.4, -0.2) is 115 Å². The second kappa shape index (κ2) is 31.4. The SMILES string of the molecule is CCCCCC(=O)OCc1cc(OC(=O)c2ccc(OCCCCCCCCC(F)(F)C(F)(F)C(F)(F)C(F)(F)C(F)(F)C(F)(F)C(F)(F)F)cc2)ccc1OC(=O)c1ccc(OCCCCCCCCC(F)(F)C(F)(F)C(F)(F)C(F)(F)C(F)(F)C(F)(F)C(F)(F)F)cc1. The highest BCUT2D eigenvalue weighted by Crippen LogP contribution is 2.65. The molecule has 0 spiro atoms. The topological polar surface area (TPSA) is 97.4 Å². The Morgan fingerprint density at radius 3 is 1.01 bits per heavy atom. The Balaban J connectivity index is 1.50. The third-order valence-corrected chi connectivity index (χ3v) is 14.1. The van der Waals surface area contributed by atoms with Crippen LogP contribution in [0.25, 0.3) is 0 Å². The molecule has 0 heterocycles. The van der Waals surface area contributed by atoms with Gasteiger partial charge in [0.05, 0.1) is 24.3 Å². The fourth-order valence-corrected chi connectivity index (χ4v) is 8.29. The maximum Gasteiger partial charge on any atom is 0.460 e. The van der Waals surface area contributed by atoms with E-state index in [4.69, 9.17) is 23.7 Å². The van der Waals surface area contributed by atoms with Crippen LogP contribution >= 0.6 is 0 Å². The van der Waals surface area contributed by atoms with Crippen molar-refractivity contribution in [1.82, 2.24) is 0 Å². The standard InChI is InChI=1S/C57H56F30O8/c1-2-3-12-17-41(88)93-33-36-32-39(94-42(89)34-18-22-37(23-19-34)91-30-15-10-6-4-8-13-28-44(58,59)46(62,63)48(66,67)50(70,71)52(74,75)54(78,79)56(82,83)84)26-27-40(36)95-43(90)35-20-24-38(25-21-35)92-31-16-11-7-5-9-14-29-45(60,61)47(64,65)49(68,69)51(72,73)53(76,77)55(80,81)57(85,86)87/h18-27,32H,2-17,28-31,33H2,1H3. The van der Waals surface area contributed by atoms with Gasteiger partial charge in [-0.3, -0.25) is 4.79 Å². The van der Waals surface area contributed by atoms with E-state index in [0.29, 0.717) is 12.8 Å². The lowest BCUT2D eigenvalue weighted by Gasteiger charge is -2.41. The number of alkyl halides is 30. The van der Waals surface area contributed by atoms with Crippen molar-refractivity contribution in [2.45, 2.75) is 213 Å². The summed E-state index contributed by atoms with van der Waals surface area (Å²) in [4.78, 5) is 38.9. The number of ether oxygens (including phenoxy) is 5. The summed E-state index contributed by atoms with van der Waals surface area (Å²) in [5.41, 5.74) is -0.0769. The summed E-state index contributed by atoms with van der Waals surface area (Å²) in [6, 6.07) is 14.0. The molecule has 0 aliphatic heterocycles. The minimum Gasteiger partial charge on any atom is -0.494 e. The van der Waals surface area contributed by atoms with E-state index in [2.05, 4.69) is 0 Å². The predicted octanol–water partition coefficient (Wildman–Crippen LogP) is 20.7. The van der Waals surface area contributed by atoms with Gasteiger partial charge >= 0.3 is 101 Å². The lowest BCUT2D eigenvalue weighted by Crippen LogP contribution is -2.72. The summed E-state index contributed by atoms with van der Waals surface area (Å²) in [6.07, 6.45) is -20.7. The van der Waals surface area contributed by atoms with Gasteiger partial charge < -0.3 is 23.7 Å². The third-order valence-electron chi connectivity index (χ3n) is 14.1. The first-order chi connectivity index (χ1) is 43.2. The van der Waals surface area contributed by atoms with Crippen molar-refractivity contribution in [2.24, 2.45) is 0 Å². The number of esters is 3. The maximum absolute atomic E-state index is 14.2. The van der Waals surface area contributed by atoms with E-state index < -0.39 is 146 Å². The van der Waals surface area contributed by atoms with Crippen LogP contribution in [0.4, 0.5) is 132 Å². The number of halogens is 30. The highest BCUT2D eigenvalue weighted by atomic mass is 19.4. The van der Waals surface area contributed by atoms with Gasteiger partial charge in [-0.1, -0.05) is 71.1 Å². The van der Waals surface area contributed by atoms with Gasteiger partial charge in [-0.25, -0.2) is 9.59 Å². The molecule has 0 radical (unpaired) electrons. The van der Waals surface area contributed by atoms with Crippen molar-refractivity contribution in [3.63, 3.8) is 0 Å². The summed E-state index contributed by atoms with van der Waals surface area (Å²) in [7, 11) is 0. The van der Waals surface area contributed by atoms with Crippen molar-refractivity contribution in [2.75, 3.05) is 13.2 Å². The van der Waals surface area contributed by atoms with Crippen molar-refractivity contribution in [1.29, 1.82) is 0 Å². The molecule has 0 aliphatic rings. The molecule has 0 fully saturated rings. The summed E-state index contributed by atoms with van der Waals surface area (Å²) >= 11 is 0. The summed E-state index contributed by atoms with van der Waals surface area (Å²) in [6.45, 7) is 1.31. The van der Waals surface area contributed by atoms with Crippen LogP contribution in [0.2, 0.25) is 0 Å². The van der Waals surface area contributed by atoms with Gasteiger partial charge in [-0.15, -0.1) is 0 Å². The minimum absolute atomic E-state index is 0.0240. The maximum atomic E-state index is 14.2. The number of carbonyl (C=O) groups is 3. The van der Waals surface area contributed by atoms with Crippen LogP contribution in [0.1, 0.15) is 149 Å². The molecule has 95 heavy (non-hydrogen) atoms. The molecule has 8 nitrogen and oxygen atoms in total. The van der Waals surface area contributed by atoms with E-state index in [1.54, 1.807) is 0 Å². The number of rotatable bonds is 40. The van der Waals surface area contributed by atoms with Crippen molar-refractivity contribution < 1.29 is 170 Å². The molecule has 0 saturated carbocycles. The molecule has 0 amide bonds. The molecule has 542 valence electrons. The fourth-order valence-electron chi connectivity index (χ4n) is 8.29. The lowest BCUT2D eigenvalue weighted by atomic mass is 9.89. The quantitative estimate of drug-likeness (QED) is 0.0240. The second-order valence-corrected chi connectivity index (χ2v) is 21.3. The first kappa shape index (κ1) is 82.8. The number of carbonyl (C=O) groups excluding carboxylic acids is 3. The van der Waals surface area contributed by atoms with Gasteiger partial charge in [0.25, 0.3) is 0 Å². The largest absolute Gasteiger partial charge is 0.494 e. The number of benzene rings is 3. The van der Waals surface area contributed by atoms with Gasteiger partial charge in [0, 0.05) is 24.8 Å². The first-order valence-electron chi connectivity index (χ1n) is 28.1. The molecule has 38 heteroatoms. The fraction of sp³-hybridized carbons (Fsp3) is 0.632. The molecule has 0 aromatic heterocycles. The number of unbranched alkanes of at least 4 members (excludes halogenated alkanes) is 12. The molecule has 0 unspecified atom stereocenters. The molecule has 3 aromatic rings. The minimum atomic E-state index is -8.35. The Kier molecular flexibility index (Phi) is 27.4. The van der Waals surface area contributed by atoms with Crippen molar-refractivity contribution in [3.05, 3.63) is 83.4 Å². The molecular formula is C57H56F30O8. The Morgan fingerprint density at radius 2 is 0.653 bits per heavy atom.